The topological polar surface area (TPSA) is 146 Å². The van der Waals surface area contributed by atoms with Crippen molar-refractivity contribution in [3.8, 4) is 0 Å². The van der Waals surface area contributed by atoms with Crippen molar-refractivity contribution in [2.24, 2.45) is 0 Å². The number of rotatable bonds is 4. The molecule has 2 atom stereocenters. The molecule has 4 rings (SSSR count). The Morgan fingerprint density at radius 2 is 1.36 bits per heavy atom. The first-order chi connectivity index (χ1) is 12.1. The molecule has 4 heterocycles. The van der Waals surface area contributed by atoms with E-state index in [1.807, 2.05) is 0 Å². The first kappa shape index (κ1) is 16.2. The number of carboxylic acids is 2. The van der Waals surface area contributed by atoms with E-state index >= 15 is 0 Å². The van der Waals surface area contributed by atoms with Gasteiger partial charge in [-0.1, -0.05) is 0 Å². The molecule has 2 saturated heterocycles. The number of thioether (sulfide) groups is 2. The molecule has 13 heteroatoms. The summed E-state index contributed by atoms with van der Waals surface area (Å²) in [5, 5.41) is 26.2. The number of carbonyl (C=O) groups is 2. The Labute approximate surface area is 148 Å². The largest absolute Gasteiger partial charge is 0.480 e. The predicted molar refractivity (Wildman–Crippen MR) is 89.8 cm³/mol. The van der Waals surface area contributed by atoms with Gasteiger partial charge in [0.15, 0.2) is 11.6 Å². The van der Waals surface area contributed by atoms with E-state index in [2.05, 4.69) is 24.9 Å². The van der Waals surface area contributed by atoms with Gasteiger partial charge in [-0.3, -0.25) is 0 Å². The van der Waals surface area contributed by atoms with Gasteiger partial charge in [-0.25, -0.2) is 24.2 Å². The molecule has 2 N–H and O–H groups in total. The van der Waals surface area contributed by atoms with Gasteiger partial charge in [0.2, 0.25) is 11.3 Å². The second-order valence-electron chi connectivity index (χ2n) is 5.43. The van der Waals surface area contributed by atoms with Crippen molar-refractivity contribution >= 4 is 58.4 Å². The summed E-state index contributed by atoms with van der Waals surface area (Å²) in [4.78, 5) is 35.0. The van der Waals surface area contributed by atoms with E-state index in [1.54, 1.807) is 9.80 Å². The van der Waals surface area contributed by atoms with E-state index in [1.165, 1.54) is 23.5 Å². The predicted octanol–water partition coefficient (Wildman–Crippen LogP) is -0.0594. The van der Waals surface area contributed by atoms with Crippen molar-refractivity contribution in [3.63, 3.8) is 0 Å². The van der Waals surface area contributed by atoms with Crippen LogP contribution in [0.3, 0.4) is 0 Å². The zero-order valence-electron chi connectivity index (χ0n) is 12.6. The van der Waals surface area contributed by atoms with Crippen molar-refractivity contribution in [3.05, 3.63) is 0 Å². The Bertz CT molecular complexity index is 781. The van der Waals surface area contributed by atoms with Crippen LogP contribution < -0.4 is 9.80 Å². The summed E-state index contributed by atoms with van der Waals surface area (Å²) in [6, 6.07) is -1.54. The third-order valence-corrected chi connectivity index (χ3v) is 5.98. The highest BCUT2D eigenvalue weighted by atomic mass is 32.2. The molecule has 0 saturated carbocycles. The first-order valence-electron chi connectivity index (χ1n) is 7.21. The highest BCUT2D eigenvalue weighted by Crippen LogP contribution is 2.37. The maximum atomic E-state index is 11.5. The monoisotopic (exact) mass is 384 g/mol. The molecule has 2 aliphatic rings. The minimum atomic E-state index is -0.971. The van der Waals surface area contributed by atoms with E-state index in [0.29, 0.717) is 23.3 Å². The van der Waals surface area contributed by atoms with Gasteiger partial charge in [-0.2, -0.15) is 0 Å². The second-order valence-corrected chi connectivity index (χ2v) is 7.43. The Morgan fingerprint density at radius 1 is 0.920 bits per heavy atom. The molecule has 2 aliphatic heterocycles. The summed E-state index contributed by atoms with van der Waals surface area (Å²) in [6.45, 7) is 0. The summed E-state index contributed by atoms with van der Waals surface area (Å²) < 4.78 is 4.64. The summed E-state index contributed by atoms with van der Waals surface area (Å²) in [5.41, 5.74) is 0.303. The molecule has 2 aromatic heterocycles. The van der Waals surface area contributed by atoms with E-state index in [4.69, 9.17) is 0 Å². The van der Waals surface area contributed by atoms with Crippen LogP contribution in [-0.2, 0) is 9.59 Å². The number of aromatic nitrogens is 4. The minimum Gasteiger partial charge on any atom is -0.480 e. The lowest BCUT2D eigenvalue weighted by Crippen LogP contribution is -2.42. The molecule has 0 radical (unpaired) electrons. The van der Waals surface area contributed by atoms with Crippen LogP contribution in [0.5, 0.6) is 0 Å². The molecule has 0 amide bonds. The molecule has 132 valence electrons. The molecule has 0 aromatic carbocycles. The fourth-order valence-corrected chi connectivity index (χ4v) is 5.02. The zero-order valence-corrected chi connectivity index (χ0v) is 14.2. The fraction of sp³-hybridized carbons (Fsp3) is 0.500. The van der Waals surface area contributed by atoms with Crippen LogP contribution in [-0.4, -0.2) is 77.8 Å². The van der Waals surface area contributed by atoms with Crippen molar-refractivity contribution in [1.82, 2.24) is 20.3 Å². The molecule has 0 spiro atoms. The SMILES string of the molecule is O=C(O)C1CSCN1c1nc2nonc2nc1N1CSCC1C(=O)O. The van der Waals surface area contributed by atoms with Crippen LogP contribution in [0.1, 0.15) is 0 Å². The Morgan fingerprint density at radius 3 is 1.76 bits per heavy atom. The van der Waals surface area contributed by atoms with Gasteiger partial charge < -0.3 is 20.0 Å². The van der Waals surface area contributed by atoms with Crippen LogP contribution in [0.4, 0.5) is 11.6 Å². The highest BCUT2D eigenvalue weighted by molar-refractivity contribution is 8.00. The van der Waals surface area contributed by atoms with Crippen molar-refractivity contribution in [2.75, 3.05) is 33.1 Å². The van der Waals surface area contributed by atoms with Crippen LogP contribution in [0.2, 0.25) is 0 Å². The highest BCUT2D eigenvalue weighted by Gasteiger charge is 2.39. The summed E-state index contributed by atoms with van der Waals surface area (Å²) in [6.07, 6.45) is 0. The number of carboxylic acid groups (broad SMARTS) is 2. The van der Waals surface area contributed by atoms with Crippen LogP contribution >= 0.6 is 23.5 Å². The van der Waals surface area contributed by atoms with Crippen molar-refractivity contribution in [1.29, 1.82) is 0 Å². The Hall–Kier alpha value is -2.28. The third kappa shape index (κ3) is 2.72. The van der Waals surface area contributed by atoms with Crippen molar-refractivity contribution < 1.29 is 24.4 Å². The smallest absolute Gasteiger partial charge is 0.327 e. The van der Waals surface area contributed by atoms with Gasteiger partial charge in [0, 0.05) is 11.5 Å². The van der Waals surface area contributed by atoms with Gasteiger partial charge >= 0.3 is 11.9 Å². The molecule has 2 unspecified atom stereocenters. The quantitative estimate of drug-likeness (QED) is 0.726. The van der Waals surface area contributed by atoms with Crippen molar-refractivity contribution in [2.45, 2.75) is 12.1 Å². The number of anilines is 2. The number of hydrogen-bond donors (Lipinski definition) is 2. The number of hydrogen-bond acceptors (Lipinski definition) is 11. The Kier molecular flexibility index (Phi) is 4.03. The van der Waals surface area contributed by atoms with E-state index < -0.39 is 24.0 Å². The van der Waals surface area contributed by atoms with Gasteiger partial charge in [-0.05, 0) is 10.3 Å². The molecular weight excluding hydrogens is 372 g/mol. The molecular formula is C12H12N6O5S2. The Balaban J connectivity index is 1.84. The van der Waals surface area contributed by atoms with Gasteiger partial charge in [0.05, 0.1) is 11.8 Å². The average Bonchev–Trinajstić information content (AvgIpc) is 3.31. The second kappa shape index (κ2) is 6.22. The van der Waals surface area contributed by atoms with Gasteiger partial charge in [0.25, 0.3) is 0 Å². The third-order valence-electron chi connectivity index (χ3n) is 3.96. The number of nitrogens with zero attached hydrogens (tertiary/aromatic N) is 6. The normalized spacial score (nSPS) is 23.5. The van der Waals surface area contributed by atoms with Crippen LogP contribution in [0.15, 0.2) is 4.63 Å². The first-order valence-corrected chi connectivity index (χ1v) is 9.52. The maximum absolute atomic E-state index is 11.5. The molecule has 11 nitrogen and oxygen atoms in total. The fourth-order valence-electron chi connectivity index (χ4n) is 2.72. The maximum Gasteiger partial charge on any atom is 0.327 e. The summed E-state index contributed by atoms with van der Waals surface area (Å²) >= 11 is 2.91. The summed E-state index contributed by atoms with van der Waals surface area (Å²) in [5.74, 6) is 0.264. The van der Waals surface area contributed by atoms with E-state index in [-0.39, 0.29) is 22.9 Å². The number of fused-ring (bicyclic) bond motifs is 1. The zero-order chi connectivity index (χ0) is 17.6. The lowest BCUT2D eigenvalue weighted by atomic mass is 10.2. The average molecular weight is 384 g/mol. The molecule has 0 aliphatic carbocycles. The van der Waals surface area contributed by atoms with Crippen LogP contribution in [0, 0.1) is 0 Å². The van der Waals surface area contributed by atoms with Gasteiger partial charge in [-0.15, -0.1) is 23.5 Å². The molecule has 2 fully saturated rings. The molecule has 0 bridgehead atoms. The van der Waals surface area contributed by atoms with Gasteiger partial charge in [0.1, 0.15) is 12.1 Å². The van der Waals surface area contributed by atoms with E-state index in [0.717, 1.165) is 0 Å². The van der Waals surface area contributed by atoms with E-state index in [9.17, 15) is 19.8 Å². The standard InChI is InChI=1S/C12H12N6O5S2/c19-11(20)5-1-24-3-17(5)9-10(14-8-7(13-9)15-23-16-8)18-4-25-2-6(18)12(21)22/h5-6H,1-4H2,(H,19,20)(H,21,22). The molecule has 25 heavy (non-hydrogen) atoms. The number of aliphatic carboxylic acids is 2. The lowest BCUT2D eigenvalue weighted by Gasteiger charge is -2.28. The molecule has 2 aromatic rings. The lowest BCUT2D eigenvalue weighted by molar-refractivity contribution is -0.138. The van der Waals surface area contributed by atoms with Crippen LogP contribution in [0.25, 0.3) is 11.3 Å². The summed E-state index contributed by atoms with van der Waals surface area (Å²) in [7, 11) is 0. The minimum absolute atomic E-state index is 0.151.